The fourth-order valence-corrected chi connectivity index (χ4v) is 4.85. The van der Waals surface area contributed by atoms with Crippen LogP contribution < -0.4 is 5.32 Å². The van der Waals surface area contributed by atoms with Gasteiger partial charge in [0, 0.05) is 29.5 Å². The molecule has 0 fully saturated rings. The van der Waals surface area contributed by atoms with Crippen LogP contribution in [0, 0.1) is 5.41 Å². The number of halogens is 3. The van der Waals surface area contributed by atoms with Crippen LogP contribution in [0.4, 0.5) is 19.0 Å². The van der Waals surface area contributed by atoms with Gasteiger partial charge in [-0.15, -0.1) is 0 Å². The Morgan fingerprint density at radius 1 is 1.07 bits per heavy atom. The lowest BCUT2D eigenvalue weighted by Crippen LogP contribution is -2.43. The summed E-state index contributed by atoms with van der Waals surface area (Å²) in [6, 6.07) is 10.7. The molecule has 1 N–H and O–H groups in total. The van der Waals surface area contributed by atoms with Crippen molar-refractivity contribution in [3.05, 3.63) is 70.6 Å². The van der Waals surface area contributed by atoms with E-state index in [1.165, 1.54) is 12.3 Å². The van der Waals surface area contributed by atoms with Crippen molar-refractivity contribution in [2.24, 2.45) is 5.41 Å². The van der Waals surface area contributed by atoms with E-state index in [-0.39, 0.29) is 16.8 Å². The van der Waals surface area contributed by atoms with Crippen molar-refractivity contribution in [3.8, 4) is 0 Å². The first kappa shape index (κ1) is 19.7. The minimum Gasteiger partial charge on any atom is -0.343 e. The highest BCUT2D eigenvalue weighted by Crippen LogP contribution is 2.53. The first-order chi connectivity index (χ1) is 13.5. The van der Waals surface area contributed by atoms with E-state index in [2.05, 4.69) is 10.3 Å². The number of aromatic nitrogens is 1. The predicted molar refractivity (Wildman–Crippen MR) is 106 cm³/mol. The number of allylic oxidation sites excluding steroid dienone is 2. The van der Waals surface area contributed by atoms with Gasteiger partial charge < -0.3 is 5.32 Å². The lowest BCUT2D eigenvalue weighted by atomic mass is 9.61. The number of carbonyl (C=O) groups is 1. The van der Waals surface area contributed by atoms with Crippen molar-refractivity contribution in [2.75, 3.05) is 5.32 Å². The quantitative estimate of drug-likeness (QED) is 0.718. The van der Waals surface area contributed by atoms with E-state index in [0.29, 0.717) is 29.8 Å². The van der Waals surface area contributed by atoms with Gasteiger partial charge in [0.1, 0.15) is 5.82 Å². The summed E-state index contributed by atoms with van der Waals surface area (Å²) < 4.78 is 40.1. The number of nitrogens with zero attached hydrogens (tertiary/aromatic N) is 1. The van der Waals surface area contributed by atoms with Crippen molar-refractivity contribution in [3.63, 3.8) is 0 Å². The van der Waals surface area contributed by atoms with E-state index in [4.69, 9.17) is 0 Å². The zero-order valence-corrected chi connectivity index (χ0v) is 16.7. The average molecular weight is 400 g/mol. The van der Waals surface area contributed by atoms with Crippen molar-refractivity contribution >= 4 is 11.6 Å². The normalized spacial score (nSPS) is 23.3. The van der Waals surface area contributed by atoms with Crippen LogP contribution in [-0.4, -0.2) is 16.9 Å². The molecule has 2 aliphatic rings. The molecule has 2 aromatic rings. The van der Waals surface area contributed by atoms with Crippen molar-refractivity contribution < 1.29 is 18.0 Å². The average Bonchev–Trinajstić information content (AvgIpc) is 2.59. The molecule has 0 unspecified atom stereocenters. The molecule has 0 radical (unpaired) electrons. The topological polar surface area (TPSA) is 42.0 Å². The first-order valence-corrected chi connectivity index (χ1v) is 9.66. The zero-order chi connectivity index (χ0) is 21.0. The number of hydrogen-bond acceptors (Lipinski definition) is 3. The molecule has 0 saturated carbocycles. The highest BCUT2D eigenvalue weighted by Gasteiger charge is 2.49. The standard InChI is InChI=1S/C23H23F3N2O/c1-21(2)12-16-19(17(29)13-21)22(3,15-7-5-4-6-8-15)18-14(11-23(24,25)26)9-10-27-20(18)28-16/h4-10H,11-13H2,1-3H3,(H,27,28)/t22-/m1/s1. The first-order valence-electron chi connectivity index (χ1n) is 9.66. The number of pyridine rings is 1. The third-order valence-electron chi connectivity index (χ3n) is 5.92. The number of nitrogens with one attached hydrogen (secondary N) is 1. The summed E-state index contributed by atoms with van der Waals surface area (Å²) in [5.41, 5.74) is 1.48. The number of alkyl halides is 3. The lowest BCUT2D eigenvalue weighted by Gasteiger charge is -2.45. The summed E-state index contributed by atoms with van der Waals surface area (Å²) in [5.74, 6) is 0.380. The van der Waals surface area contributed by atoms with Crippen LogP contribution in [0.25, 0.3) is 0 Å². The minimum atomic E-state index is -4.36. The Morgan fingerprint density at radius 2 is 1.76 bits per heavy atom. The summed E-state index contributed by atoms with van der Waals surface area (Å²) in [6.07, 6.45) is -3.02. The Balaban J connectivity index is 2.02. The molecule has 1 aromatic heterocycles. The number of fused-ring (bicyclic) bond motifs is 1. The van der Waals surface area contributed by atoms with Crippen LogP contribution in [0.2, 0.25) is 0 Å². The fraction of sp³-hybridized carbons (Fsp3) is 0.391. The highest BCUT2D eigenvalue weighted by atomic mass is 19.4. The van der Waals surface area contributed by atoms with Gasteiger partial charge in [-0.1, -0.05) is 44.2 Å². The molecule has 1 aliphatic heterocycles. The molecule has 4 rings (SSSR count). The second kappa shape index (κ2) is 6.44. The lowest BCUT2D eigenvalue weighted by molar-refractivity contribution is -0.127. The Bertz CT molecular complexity index is 1010. The maximum atomic E-state index is 13.4. The Hall–Kier alpha value is -2.63. The monoisotopic (exact) mass is 400 g/mol. The van der Waals surface area contributed by atoms with Gasteiger partial charge in [0.2, 0.25) is 0 Å². The van der Waals surface area contributed by atoms with Crippen LogP contribution >= 0.6 is 0 Å². The summed E-state index contributed by atoms with van der Waals surface area (Å²) in [6.45, 7) is 5.91. The molecular weight excluding hydrogens is 377 g/mol. The molecule has 1 aliphatic carbocycles. The van der Waals surface area contributed by atoms with Crippen molar-refractivity contribution in [2.45, 2.75) is 51.6 Å². The molecule has 1 atom stereocenters. The van der Waals surface area contributed by atoms with E-state index >= 15 is 0 Å². The van der Waals surface area contributed by atoms with Gasteiger partial charge in [0.25, 0.3) is 0 Å². The van der Waals surface area contributed by atoms with E-state index in [1.807, 2.05) is 51.1 Å². The summed E-state index contributed by atoms with van der Waals surface area (Å²) in [5, 5.41) is 3.22. The Kier molecular flexibility index (Phi) is 4.37. The third-order valence-corrected chi connectivity index (χ3v) is 5.92. The smallest absolute Gasteiger partial charge is 0.343 e. The Morgan fingerprint density at radius 3 is 2.41 bits per heavy atom. The van der Waals surface area contributed by atoms with Crippen LogP contribution in [-0.2, 0) is 16.6 Å². The number of anilines is 1. The van der Waals surface area contributed by atoms with Gasteiger partial charge in [-0.05, 0) is 36.0 Å². The number of rotatable bonds is 2. The second-order valence-electron chi connectivity index (χ2n) is 8.90. The molecule has 0 saturated heterocycles. The fourth-order valence-electron chi connectivity index (χ4n) is 4.85. The van der Waals surface area contributed by atoms with Crippen LogP contribution in [0.15, 0.2) is 53.9 Å². The summed E-state index contributed by atoms with van der Waals surface area (Å²) >= 11 is 0. The molecule has 6 heteroatoms. The molecular formula is C23H23F3N2O. The number of carbonyl (C=O) groups excluding carboxylic acids is 1. The van der Waals surface area contributed by atoms with Crippen molar-refractivity contribution in [1.82, 2.24) is 4.98 Å². The summed E-state index contributed by atoms with van der Waals surface area (Å²) in [7, 11) is 0. The number of Topliss-reactive ketones (excluding diaryl/α,β-unsaturated/α-hetero) is 1. The number of ketones is 1. The van der Waals surface area contributed by atoms with E-state index < -0.39 is 18.0 Å². The van der Waals surface area contributed by atoms with Gasteiger partial charge in [-0.2, -0.15) is 13.2 Å². The molecule has 0 spiro atoms. The maximum absolute atomic E-state index is 13.4. The van der Waals surface area contributed by atoms with Crippen LogP contribution in [0.1, 0.15) is 50.3 Å². The predicted octanol–water partition coefficient (Wildman–Crippen LogP) is 5.56. The Labute approximate surface area is 168 Å². The van der Waals surface area contributed by atoms with Crippen LogP contribution in [0.5, 0.6) is 0 Å². The van der Waals surface area contributed by atoms with Gasteiger partial charge in [-0.3, -0.25) is 4.79 Å². The van der Waals surface area contributed by atoms with Gasteiger partial charge in [0.15, 0.2) is 5.78 Å². The molecule has 29 heavy (non-hydrogen) atoms. The third kappa shape index (κ3) is 3.34. The van der Waals surface area contributed by atoms with Crippen LogP contribution in [0.3, 0.4) is 0 Å². The summed E-state index contributed by atoms with van der Waals surface area (Å²) in [4.78, 5) is 17.7. The minimum absolute atomic E-state index is 0.0254. The van der Waals surface area contributed by atoms with E-state index in [0.717, 1.165) is 11.3 Å². The molecule has 1 aromatic carbocycles. The molecule has 152 valence electrons. The largest absolute Gasteiger partial charge is 0.393 e. The highest BCUT2D eigenvalue weighted by molar-refractivity contribution is 6.03. The van der Waals surface area contributed by atoms with E-state index in [1.54, 1.807) is 0 Å². The number of benzene rings is 1. The van der Waals surface area contributed by atoms with Gasteiger partial charge in [0.05, 0.1) is 11.8 Å². The van der Waals surface area contributed by atoms with Crippen molar-refractivity contribution in [1.29, 1.82) is 0 Å². The molecule has 3 nitrogen and oxygen atoms in total. The number of hydrogen-bond donors (Lipinski definition) is 1. The maximum Gasteiger partial charge on any atom is 0.393 e. The van der Waals surface area contributed by atoms with Gasteiger partial charge >= 0.3 is 6.18 Å². The zero-order valence-electron chi connectivity index (χ0n) is 16.7. The SMILES string of the molecule is CC1(C)CC(=O)C2=C(C1)Nc1nccc(CC(F)(F)F)c1[C@@]2(C)c1ccccc1. The molecule has 0 amide bonds. The molecule has 0 bridgehead atoms. The second-order valence-corrected chi connectivity index (χ2v) is 8.90. The van der Waals surface area contributed by atoms with Gasteiger partial charge in [-0.25, -0.2) is 4.98 Å². The van der Waals surface area contributed by atoms with E-state index in [9.17, 15) is 18.0 Å². The molecule has 2 heterocycles.